The highest BCUT2D eigenvalue weighted by atomic mass is 79.9. The van der Waals surface area contributed by atoms with E-state index in [-0.39, 0.29) is 163 Å². The van der Waals surface area contributed by atoms with Gasteiger partial charge in [0.05, 0.1) is 12.1 Å². The normalized spacial score (nSPS) is 22.3. The van der Waals surface area contributed by atoms with E-state index >= 15 is 0 Å². The molecule has 6 aliphatic rings. The van der Waals surface area contributed by atoms with Gasteiger partial charge in [-0.3, -0.25) is 38.4 Å². The molecule has 0 spiro atoms. The Bertz CT molecular complexity index is 5220. The van der Waals surface area contributed by atoms with Crippen molar-refractivity contribution in [3.05, 3.63) is 280 Å². The number of benzene rings is 8. The van der Waals surface area contributed by atoms with Crippen molar-refractivity contribution >= 4 is 110 Å². The van der Waals surface area contributed by atoms with E-state index < -0.39 is 0 Å². The van der Waals surface area contributed by atoms with Crippen LogP contribution in [0, 0.1) is 6.92 Å². The number of nitrogens with one attached hydrogen (secondary N) is 8. The molecule has 8 aromatic carbocycles. The number of nitrogens with zero attached hydrogens (tertiary/aromatic N) is 4. The molecule has 4 fully saturated rings. The van der Waals surface area contributed by atoms with Crippen molar-refractivity contribution in [2.45, 2.75) is 290 Å². The van der Waals surface area contributed by atoms with Crippen LogP contribution in [0.5, 0.6) is 0 Å². The Morgan fingerprint density at radius 2 is 0.647 bits per heavy atom. The van der Waals surface area contributed by atoms with Gasteiger partial charge < -0.3 is 62.1 Å². The van der Waals surface area contributed by atoms with Crippen LogP contribution in [0.15, 0.2) is 199 Å². The lowest BCUT2D eigenvalue weighted by Gasteiger charge is -2.45. The van der Waals surface area contributed by atoms with Crippen molar-refractivity contribution in [3.63, 3.8) is 0 Å². The summed E-state index contributed by atoms with van der Waals surface area (Å²) < 4.78 is 0.979. The zero-order chi connectivity index (χ0) is 97.5. The third-order valence-electron chi connectivity index (χ3n) is 29.5. The summed E-state index contributed by atoms with van der Waals surface area (Å²) in [7, 11) is 17.2. The lowest BCUT2D eigenvalue weighted by Crippen LogP contribution is -2.52. The molecule has 732 valence electrons. The second kappa shape index (κ2) is 52.3. The van der Waals surface area contributed by atoms with Crippen molar-refractivity contribution in [1.82, 2.24) is 62.1 Å². The molecular weight excluding hydrogens is 1850 g/mol. The predicted molar refractivity (Wildman–Crippen MR) is 555 cm³/mol. The maximum absolute atomic E-state index is 12.6. The van der Waals surface area contributed by atoms with E-state index in [0.717, 1.165) is 185 Å². The first-order chi connectivity index (χ1) is 65.1. The lowest BCUT2D eigenvalue weighted by molar-refractivity contribution is -0.127. The molecule has 136 heavy (non-hydrogen) atoms. The number of carbonyl (C=O) groups is 8. The summed E-state index contributed by atoms with van der Waals surface area (Å²) in [6, 6.07) is 65.9. The summed E-state index contributed by atoms with van der Waals surface area (Å²) in [5.74, 6) is -0.244. The largest absolute Gasteiger partial charge is 0.355 e. The van der Waals surface area contributed by atoms with Gasteiger partial charge in [-0.2, -0.15) is 0 Å². The van der Waals surface area contributed by atoms with Gasteiger partial charge in [-0.25, -0.2) is 0 Å². The third kappa shape index (κ3) is 33.1. The summed E-state index contributed by atoms with van der Waals surface area (Å²) in [5.41, 5.74) is 14.1. The topological polar surface area (TPSA) is 246 Å². The number of rotatable bonds is 35. The number of hydrogen-bond donors (Lipinski definition) is 8. The van der Waals surface area contributed by atoms with E-state index in [2.05, 4.69) is 233 Å². The summed E-state index contributed by atoms with van der Waals surface area (Å²) in [4.78, 5) is 109. The van der Waals surface area contributed by atoms with E-state index in [0.29, 0.717) is 18.1 Å². The highest BCUT2D eigenvalue weighted by molar-refractivity contribution is 9.10. The van der Waals surface area contributed by atoms with Gasteiger partial charge in [0.25, 0.3) is 0 Å². The second-order valence-electron chi connectivity index (χ2n) is 39.8. The fourth-order valence-electron chi connectivity index (χ4n) is 20.8. The SMILES string of the molecule is CN(C)C1(Cc2ccc(Cl)cc2)CCC(NC(=O)CCC(=O)NC2CCc3ccccc32)CC1.CN(C)C1(Cc2ccc(Cl)cc2)CCC(NC(=O)CCC(=O)NCc2cccc(Br)c2)CC1.CN(C)C1(Cc2cccc(Cl)c2)CCC(NC(=O)CCC(=O)NC2CCc3ccccc32)CC1.Cc1cccc(CC2(N(C)C)CCC(NC(=O)CCC(=O)NCC(C)c3ccc(Cl)cc3)CC2)c1. The molecule has 4 saturated carbocycles. The van der Waals surface area contributed by atoms with Gasteiger partial charge >= 0.3 is 0 Å². The molecule has 0 aliphatic heterocycles. The van der Waals surface area contributed by atoms with Crippen LogP contribution in [-0.2, 0) is 83.4 Å². The standard InChI is InChI=1S/C29H40ClN3O2.2C28H36ClN3O2.C26H33BrClN3O2/c1-21-6-5-7-23(18-21)19-29(33(3)4)16-14-26(15-17-29)32-28(35)13-12-27(34)31-20-22(2)24-8-10-25(30)11-9-24;1-32(2)28(19-20-6-5-8-22(29)18-20)16-14-23(15-17-28)30-26(33)12-13-27(34)31-25-11-10-21-7-3-4-9-24(21)25;1-32(2)28(19-20-7-10-22(29)11-8-20)17-15-23(16-18-28)30-26(33)13-14-27(34)31-25-12-9-21-5-3-4-6-24(21)25;1-31(2)26(17-19-6-8-22(28)9-7-19)14-12-23(13-15-26)30-25(33)11-10-24(32)29-18-20-4-3-5-21(27)16-20/h5-11,18,22,26H,12-17,19-20H2,1-4H3,(H,31,34)(H,32,35);3-9,18,23,25H,10-17,19H2,1-2H3,(H,30,33)(H,31,34);3-8,10-11,23,25H,9,12-19H2,1-2H3,(H,30,33)(H,31,34);3-9,16,23H,10-15,17-18H2,1-2H3,(H,29,32)(H,30,33). The molecule has 0 radical (unpaired) electrons. The number of likely N-dealkylation sites (N-methyl/N-ethyl adjacent to an activating group) is 4. The first-order valence-electron chi connectivity index (χ1n) is 49.1. The Hall–Kier alpha value is -9.00. The molecule has 8 aromatic rings. The van der Waals surface area contributed by atoms with Gasteiger partial charge in [0.1, 0.15) is 0 Å². The minimum Gasteiger partial charge on any atom is -0.355 e. The van der Waals surface area contributed by atoms with Crippen LogP contribution in [-0.4, -0.2) is 176 Å². The Labute approximate surface area is 837 Å². The van der Waals surface area contributed by atoms with E-state index in [4.69, 9.17) is 46.4 Å². The van der Waals surface area contributed by atoms with E-state index in [9.17, 15) is 38.4 Å². The molecular formula is C111H145BrCl4N12O8. The van der Waals surface area contributed by atoms with Crippen LogP contribution in [0.25, 0.3) is 0 Å². The van der Waals surface area contributed by atoms with Crippen LogP contribution >= 0.6 is 62.3 Å². The first-order valence-corrected chi connectivity index (χ1v) is 51.4. The molecule has 20 nitrogen and oxygen atoms in total. The fourth-order valence-corrected chi connectivity index (χ4v) is 21.8. The number of aryl methyl sites for hydroxylation is 3. The number of carbonyl (C=O) groups excluding carboxylic acids is 8. The van der Waals surface area contributed by atoms with Crippen molar-refractivity contribution in [1.29, 1.82) is 0 Å². The van der Waals surface area contributed by atoms with Crippen molar-refractivity contribution in [3.8, 4) is 0 Å². The number of halogens is 5. The number of hydrogen-bond acceptors (Lipinski definition) is 12. The van der Waals surface area contributed by atoms with Gasteiger partial charge in [0, 0.05) is 135 Å². The smallest absolute Gasteiger partial charge is 0.220 e. The average Bonchev–Trinajstić information content (AvgIpc) is 1.55. The maximum Gasteiger partial charge on any atom is 0.220 e. The summed E-state index contributed by atoms with van der Waals surface area (Å²) in [6.07, 6.45) is 25.3. The average molecular weight is 2000 g/mol. The van der Waals surface area contributed by atoms with Gasteiger partial charge in [-0.1, -0.05) is 208 Å². The Morgan fingerprint density at radius 1 is 0.331 bits per heavy atom. The molecule has 0 heterocycles. The Morgan fingerprint density at radius 3 is 1.01 bits per heavy atom. The van der Waals surface area contributed by atoms with Crippen LogP contribution in [0.4, 0.5) is 0 Å². The minimum absolute atomic E-state index is 0.0259. The van der Waals surface area contributed by atoms with Crippen LogP contribution < -0.4 is 42.5 Å². The van der Waals surface area contributed by atoms with Gasteiger partial charge in [-0.15, -0.1) is 0 Å². The van der Waals surface area contributed by atoms with Gasteiger partial charge in [0.15, 0.2) is 0 Å². The summed E-state index contributed by atoms with van der Waals surface area (Å²) in [6.45, 7) is 5.20. The molecule has 6 aliphatic carbocycles. The molecule has 0 bridgehead atoms. The maximum atomic E-state index is 12.6. The van der Waals surface area contributed by atoms with E-state index in [1.165, 1.54) is 50.1 Å². The van der Waals surface area contributed by atoms with Crippen molar-refractivity contribution in [2.75, 3.05) is 62.9 Å². The molecule has 14 rings (SSSR count). The van der Waals surface area contributed by atoms with E-state index in [1.54, 1.807) is 0 Å². The first kappa shape index (κ1) is 107. The predicted octanol–water partition coefficient (Wildman–Crippen LogP) is 20.0. The van der Waals surface area contributed by atoms with Gasteiger partial charge in [-0.05, 0) is 340 Å². The van der Waals surface area contributed by atoms with Crippen LogP contribution in [0.1, 0.15) is 253 Å². The molecule has 3 unspecified atom stereocenters. The molecule has 25 heteroatoms. The highest BCUT2D eigenvalue weighted by Crippen LogP contribution is 2.42. The lowest BCUT2D eigenvalue weighted by atomic mass is 9.74. The fraction of sp³-hybridized carbons (Fsp3) is 0.495. The zero-order valence-corrected chi connectivity index (χ0v) is 86.1. The molecule has 3 atom stereocenters. The third-order valence-corrected chi connectivity index (χ3v) is 31.0. The van der Waals surface area contributed by atoms with Crippen LogP contribution in [0.2, 0.25) is 20.1 Å². The second-order valence-corrected chi connectivity index (χ2v) is 42.5. The molecule has 8 amide bonds. The van der Waals surface area contributed by atoms with Gasteiger partial charge in [0.2, 0.25) is 47.3 Å². The molecule has 8 N–H and O–H groups in total. The summed E-state index contributed by atoms with van der Waals surface area (Å²) >= 11 is 27.7. The van der Waals surface area contributed by atoms with Crippen molar-refractivity contribution in [2.24, 2.45) is 0 Å². The zero-order valence-electron chi connectivity index (χ0n) is 81.5. The number of fused-ring (bicyclic) bond motifs is 2. The van der Waals surface area contributed by atoms with E-state index in [1.807, 2.05) is 109 Å². The monoisotopic (exact) mass is 1990 g/mol. The Kier molecular flexibility index (Phi) is 41.3. The van der Waals surface area contributed by atoms with Crippen molar-refractivity contribution < 1.29 is 38.4 Å². The number of amides is 8. The quantitative estimate of drug-likeness (QED) is 0.0185. The highest BCUT2D eigenvalue weighted by Gasteiger charge is 2.43. The molecule has 0 aromatic heterocycles. The Balaban J connectivity index is 0.000000174. The minimum atomic E-state index is -0.108. The van der Waals surface area contributed by atoms with Crippen LogP contribution in [0.3, 0.4) is 0 Å². The molecule has 0 saturated heterocycles. The summed E-state index contributed by atoms with van der Waals surface area (Å²) in [5, 5.41) is 27.7.